The molecule has 0 radical (unpaired) electrons. The lowest BCUT2D eigenvalue weighted by molar-refractivity contribution is -0.114. The van der Waals surface area contributed by atoms with Gasteiger partial charge in [-0.2, -0.15) is 0 Å². The molecular weight excluding hydrogens is 238 g/mol. The Morgan fingerprint density at radius 1 is 1.41 bits per heavy atom. The van der Waals surface area contributed by atoms with Gasteiger partial charge in [-0.1, -0.05) is 11.3 Å². The first-order valence-corrected chi connectivity index (χ1v) is 5.71. The summed E-state index contributed by atoms with van der Waals surface area (Å²) in [4.78, 5) is 24.2. The second-order valence-corrected chi connectivity index (χ2v) is 4.44. The summed E-state index contributed by atoms with van der Waals surface area (Å²) in [5, 5.41) is 3.20. The van der Waals surface area contributed by atoms with Crippen LogP contribution in [0.3, 0.4) is 0 Å². The molecule has 3 N–H and O–H groups in total. The van der Waals surface area contributed by atoms with Crippen molar-refractivity contribution in [1.82, 2.24) is 15.0 Å². The highest BCUT2D eigenvalue weighted by Gasteiger charge is 2.11. The van der Waals surface area contributed by atoms with E-state index in [9.17, 15) is 4.79 Å². The lowest BCUT2D eigenvalue weighted by atomic mass is 10.3. The number of rotatable bonds is 2. The zero-order valence-electron chi connectivity index (χ0n) is 9.39. The van der Waals surface area contributed by atoms with Crippen molar-refractivity contribution >= 4 is 28.2 Å². The average Bonchev–Trinajstić information content (AvgIpc) is 2.59. The van der Waals surface area contributed by atoms with Gasteiger partial charge in [-0.3, -0.25) is 4.79 Å². The van der Waals surface area contributed by atoms with Crippen LogP contribution in [0.1, 0.15) is 12.6 Å². The predicted molar refractivity (Wildman–Crippen MR) is 66.6 cm³/mol. The van der Waals surface area contributed by atoms with E-state index in [1.165, 1.54) is 24.5 Å². The molecule has 88 valence electrons. The fourth-order valence-corrected chi connectivity index (χ4v) is 2.27. The predicted octanol–water partition coefficient (Wildman–Crippen LogP) is 1.45. The maximum atomic E-state index is 10.9. The number of nitrogens with one attached hydrogen (secondary N) is 1. The zero-order valence-corrected chi connectivity index (χ0v) is 10.2. The van der Waals surface area contributed by atoms with Gasteiger partial charge in [0.1, 0.15) is 11.5 Å². The standard InChI is InChI=1S/C10H11N5OS/c1-5-9(7-3-13-8(11)4-12-7)17-10(14-5)15-6(2)16/h3-4H,1-2H3,(H2,11,13)(H,14,15,16). The van der Waals surface area contributed by atoms with Crippen LogP contribution in [-0.4, -0.2) is 20.9 Å². The highest BCUT2D eigenvalue weighted by atomic mass is 32.1. The van der Waals surface area contributed by atoms with Crippen molar-refractivity contribution in [2.24, 2.45) is 0 Å². The van der Waals surface area contributed by atoms with Crippen LogP contribution in [0.15, 0.2) is 12.4 Å². The number of hydrogen-bond donors (Lipinski definition) is 2. The molecule has 17 heavy (non-hydrogen) atoms. The number of nitrogens with two attached hydrogens (primary N) is 1. The fraction of sp³-hybridized carbons (Fsp3) is 0.200. The number of aryl methyl sites for hydroxylation is 1. The van der Waals surface area contributed by atoms with Gasteiger partial charge in [0.15, 0.2) is 5.13 Å². The van der Waals surface area contributed by atoms with E-state index in [0.29, 0.717) is 16.6 Å². The van der Waals surface area contributed by atoms with E-state index in [1.54, 1.807) is 6.20 Å². The van der Waals surface area contributed by atoms with Crippen LogP contribution in [0.4, 0.5) is 10.9 Å². The summed E-state index contributed by atoms with van der Waals surface area (Å²) in [7, 11) is 0. The van der Waals surface area contributed by atoms with E-state index < -0.39 is 0 Å². The minimum atomic E-state index is -0.145. The lowest BCUT2D eigenvalue weighted by Crippen LogP contribution is -2.04. The molecule has 0 aliphatic heterocycles. The fourth-order valence-electron chi connectivity index (χ4n) is 1.29. The number of carbonyl (C=O) groups excluding carboxylic acids is 1. The number of carbonyl (C=O) groups is 1. The van der Waals surface area contributed by atoms with Crippen molar-refractivity contribution in [2.45, 2.75) is 13.8 Å². The Bertz CT molecular complexity index is 548. The molecule has 2 aromatic heterocycles. The maximum Gasteiger partial charge on any atom is 0.223 e. The van der Waals surface area contributed by atoms with Crippen LogP contribution < -0.4 is 11.1 Å². The van der Waals surface area contributed by atoms with Gasteiger partial charge in [0.05, 0.1) is 23.0 Å². The molecule has 0 fully saturated rings. The number of anilines is 2. The molecule has 1 amide bonds. The first-order chi connectivity index (χ1) is 8.06. The average molecular weight is 249 g/mol. The summed E-state index contributed by atoms with van der Waals surface area (Å²) in [5.74, 6) is 0.228. The Morgan fingerprint density at radius 2 is 2.18 bits per heavy atom. The summed E-state index contributed by atoms with van der Waals surface area (Å²) in [6.45, 7) is 3.30. The molecule has 2 heterocycles. The molecule has 0 atom stereocenters. The summed E-state index contributed by atoms with van der Waals surface area (Å²) in [5.41, 5.74) is 6.97. The van der Waals surface area contributed by atoms with Crippen LogP contribution in [0.5, 0.6) is 0 Å². The minimum absolute atomic E-state index is 0.145. The quantitative estimate of drug-likeness (QED) is 0.840. The maximum absolute atomic E-state index is 10.9. The van der Waals surface area contributed by atoms with Crippen LogP contribution in [0, 0.1) is 6.92 Å². The SMILES string of the molecule is CC(=O)Nc1nc(C)c(-c2cnc(N)cn2)s1. The van der Waals surface area contributed by atoms with Crippen LogP contribution >= 0.6 is 11.3 Å². The molecule has 2 aromatic rings. The Kier molecular flexibility index (Phi) is 3.01. The lowest BCUT2D eigenvalue weighted by Gasteiger charge is -1.97. The van der Waals surface area contributed by atoms with Crippen LogP contribution in [-0.2, 0) is 4.79 Å². The molecule has 6 nitrogen and oxygen atoms in total. The monoisotopic (exact) mass is 249 g/mol. The van der Waals surface area contributed by atoms with E-state index >= 15 is 0 Å². The highest BCUT2D eigenvalue weighted by Crippen LogP contribution is 2.30. The smallest absolute Gasteiger partial charge is 0.223 e. The molecule has 0 bridgehead atoms. The van der Waals surface area contributed by atoms with Gasteiger partial charge in [-0.05, 0) is 6.92 Å². The van der Waals surface area contributed by atoms with E-state index in [2.05, 4.69) is 20.3 Å². The van der Waals surface area contributed by atoms with Crippen molar-refractivity contribution in [3.05, 3.63) is 18.1 Å². The van der Waals surface area contributed by atoms with Gasteiger partial charge in [0.25, 0.3) is 0 Å². The van der Waals surface area contributed by atoms with Crippen molar-refractivity contribution in [1.29, 1.82) is 0 Å². The minimum Gasteiger partial charge on any atom is -0.382 e. The molecule has 7 heteroatoms. The molecule has 0 spiro atoms. The van der Waals surface area contributed by atoms with E-state index in [1.807, 2.05) is 6.92 Å². The molecule has 0 aliphatic carbocycles. The number of hydrogen-bond acceptors (Lipinski definition) is 6. The third-order valence-corrected chi connectivity index (χ3v) is 3.08. The molecule has 0 unspecified atom stereocenters. The number of amides is 1. The number of nitrogen functional groups attached to an aromatic ring is 1. The van der Waals surface area contributed by atoms with Crippen LogP contribution in [0.2, 0.25) is 0 Å². The van der Waals surface area contributed by atoms with Gasteiger partial charge < -0.3 is 11.1 Å². The largest absolute Gasteiger partial charge is 0.382 e. The van der Waals surface area contributed by atoms with Crippen molar-refractivity contribution in [3.63, 3.8) is 0 Å². The summed E-state index contributed by atoms with van der Waals surface area (Å²) >= 11 is 1.36. The van der Waals surface area contributed by atoms with Gasteiger partial charge in [-0.15, -0.1) is 0 Å². The van der Waals surface area contributed by atoms with Crippen LogP contribution in [0.25, 0.3) is 10.6 Å². The molecule has 0 aromatic carbocycles. The first kappa shape index (κ1) is 11.5. The Labute approximate surface area is 102 Å². The zero-order chi connectivity index (χ0) is 12.4. The van der Waals surface area contributed by atoms with Gasteiger partial charge in [0.2, 0.25) is 5.91 Å². The molecule has 2 rings (SSSR count). The third kappa shape index (κ3) is 2.56. The van der Waals surface area contributed by atoms with E-state index in [4.69, 9.17) is 5.73 Å². The Hall–Kier alpha value is -2.02. The van der Waals surface area contributed by atoms with Gasteiger partial charge in [0, 0.05) is 6.92 Å². The first-order valence-electron chi connectivity index (χ1n) is 4.89. The van der Waals surface area contributed by atoms with E-state index in [0.717, 1.165) is 10.6 Å². The second kappa shape index (κ2) is 4.46. The Balaban J connectivity index is 2.35. The molecular formula is C10H11N5OS. The molecule has 0 saturated carbocycles. The normalized spacial score (nSPS) is 10.2. The van der Waals surface area contributed by atoms with Crippen molar-refractivity contribution in [2.75, 3.05) is 11.1 Å². The van der Waals surface area contributed by atoms with Gasteiger partial charge >= 0.3 is 0 Å². The number of aromatic nitrogens is 3. The number of nitrogens with zero attached hydrogens (tertiary/aromatic N) is 3. The number of thiazole rings is 1. The molecule has 0 aliphatic rings. The van der Waals surface area contributed by atoms with E-state index in [-0.39, 0.29) is 5.91 Å². The Morgan fingerprint density at radius 3 is 2.76 bits per heavy atom. The van der Waals surface area contributed by atoms with Gasteiger partial charge in [-0.25, -0.2) is 15.0 Å². The molecule has 0 saturated heterocycles. The summed E-state index contributed by atoms with van der Waals surface area (Å²) in [6, 6.07) is 0. The highest BCUT2D eigenvalue weighted by molar-refractivity contribution is 7.19. The summed E-state index contributed by atoms with van der Waals surface area (Å²) < 4.78 is 0. The second-order valence-electron chi connectivity index (χ2n) is 3.44. The van der Waals surface area contributed by atoms with Crippen molar-refractivity contribution in [3.8, 4) is 10.6 Å². The summed E-state index contributed by atoms with van der Waals surface area (Å²) in [6.07, 6.45) is 3.08. The third-order valence-electron chi connectivity index (χ3n) is 1.98. The topological polar surface area (TPSA) is 93.8 Å². The van der Waals surface area contributed by atoms with Crippen molar-refractivity contribution < 1.29 is 4.79 Å².